The van der Waals surface area contributed by atoms with Crippen LogP contribution >= 0.6 is 0 Å². The Bertz CT molecular complexity index is 1590. The summed E-state index contributed by atoms with van der Waals surface area (Å²) in [6, 6.07) is 16.3. The van der Waals surface area contributed by atoms with E-state index in [2.05, 4.69) is 34.7 Å². The van der Waals surface area contributed by atoms with Gasteiger partial charge in [0, 0.05) is 60.5 Å². The monoisotopic (exact) mass is 542 g/mol. The predicted molar refractivity (Wildman–Crippen MR) is 153 cm³/mol. The van der Waals surface area contributed by atoms with Gasteiger partial charge in [-0.3, -0.25) is 14.4 Å². The van der Waals surface area contributed by atoms with E-state index in [0.29, 0.717) is 46.4 Å². The average molecular weight is 543 g/mol. The first-order valence-corrected chi connectivity index (χ1v) is 13.4. The normalized spacial score (nSPS) is 14.7. The fourth-order valence-electron chi connectivity index (χ4n) is 5.15. The number of fused-ring (bicyclic) bond motifs is 1. The van der Waals surface area contributed by atoms with Gasteiger partial charge in [-0.2, -0.15) is 0 Å². The Morgan fingerprint density at radius 2 is 1.77 bits per heavy atom. The van der Waals surface area contributed by atoms with Gasteiger partial charge in [-0.1, -0.05) is 12.1 Å². The summed E-state index contributed by atoms with van der Waals surface area (Å²) in [6.07, 6.45) is 0.548. The van der Waals surface area contributed by atoms with Crippen molar-refractivity contribution in [3.8, 4) is 22.5 Å². The Kier molecular flexibility index (Phi) is 7.55. The van der Waals surface area contributed by atoms with Crippen LogP contribution in [0.25, 0.3) is 33.4 Å². The van der Waals surface area contributed by atoms with Crippen LogP contribution < -0.4 is 20.9 Å². The van der Waals surface area contributed by atoms with Crippen molar-refractivity contribution >= 4 is 34.4 Å². The summed E-state index contributed by atoms with van der Waals surface area (Å²) in [7, 11) is 1.55. The molecule has 1 unspecified atom stereocenters. The fraction of sp³-hybridized carbons (Fsp3) is 0.258. The molecule has 0 radical (unpaired) electrons. The summed E-state index contributed by atoms with van der Waals surface area (Å²) in [5, 5.41) is 8.84. The van der Waals surface area contributed by atoms with E-state index in [-0.39, 0.29) is 23.5 Å². The lowest BCUT2D eigenvalue weighted by atomic mass is 9.96. The van der Waals surface area contributed by atoms with Crippen molar-refractivity contribution in [1.29, 1.82) is 0 Å². The number of carbonyl (C=O) groups is 3. The number of hydrogen-bond acceptors (Lipinski definition) is 5. The molecule has 0 spiro atoms. The minimum atomic E-state index is -0.551. The van der Waals surface area contributed by atoms with E-state index >= 15 is 0 Å². The van der Waals surface area contributed by atoms with Crippen molar-refractivity contribution in [2.75, 3.05) is 31.6 Å². The number of anilines is 1. The number of nitrogens with one attached hydrogen (secondary N) is 3. The van der Waals surface area contributed by atoms with Gasteiger partial charge in [0.25, 0.3) is 11.8 Å². The Morgan fingerprint density at radius 3 is 2.42 bits per heavy atom. The number of hydrogen-bond donors (Lipinski definition) is 3. The zero-order chi connectivity index (χ0) is 28.4. The van der Waals surface area contributed by atoms with Crippen LogP contribution in [-0.4, -0.2) is 50.4 Å². The predicted octanol–water partition coefficient (Wildman–Crippen LogP) is 4.73. The minimum Gasteiger partial charge on any atom is -0.455 e. The molecular formula is C31H31FN4O4. The Balaban J connectivity index is 1.67. The third-order valence-corrected chi connectivity index (χ3v) is 7.26. The maximum Gasteiger partial charge on any atom is 0.255 e. The minimum absolute atomic E-state index is 0.183. The van der Waals surface area contributed by atoms with E-state index in [1.54, 1.807) is 37.4 Å². The molecule has 3 amide bonds. The van der Waals surface area contributed by atoms with Crippen molar-refractivity contribution in [3.63, 3.8) is 0 Å². The van der Waals surface area contributed by atoms with Gasteiger partial charge in [0.05, 0.1) is 5.56 Å². The maximum atomic E-state index is 13.7. The van der Waals surface area contributed by atoms with Gasteiger partial charge >= 0.3 is 0 Å². The van der Waals surface area contributed by atoms with Gasteiger partial charge in [-0.25, -0.2) is 4.39 Å². The summed E-state index contributed by atoms with van der Waals surface area (Å²) < 4.78 is 19.9. The SMILES string of the molecule is CCN(CC)c1cc2oc(-c3ccc(F)cc3)c(C(=O)NC)c2cc1-c1cccc(C(=O)NC2CCNC2=O)c1. The third-order valence-electron chi connectivity index (χ3n) is 7.26. The van der Waals surface area contributed by atoms with E-state index < -0.39 is 6.04 Å². The molecule has 1 aliphatic heterocycles. The molecule has 1 saturated heterocycles. The number of halogens is 1. The van der Waals surface area contributed by atoms with Crippen LogP contribution in [0.5, 0.6) is 0 Å². The number of benzene rings is 3. The molecule has 5 rings (SSSR count). The average Bonchev–Trinajstić information content (AvgIpc) is 3.55. The smallest absolute Gasteiger partial charge is 0.255 e. The van der Waals surface area contributed by atoms with E-state index in [1.807, 2.05) is 18.2 Å². The van der Waals surface area contributed by atoms with Gasteiger partial charge < -0.3 is 25.3 Å². The largest absolute Gasteiger partial charge is 0.455 e. The van der Waals surface area contributed by atoms with Crippen LogP contribution in [-0.2, 0) is 4.79 Å². The molecule has 1 atom stereocenters. The summed E-state index contributed by atoms with van der Waals surface area (Å²) in [4.78, 5) is 40.3. The molecule has 206 valence electrons. The first-order chi connectivity index (χ1) is 19.3. The molecule has 3 N–H and O–H groups in total. The molecule has 40 heavy (non-hydrogen) atoms. The number of amides is 3. The third kappa shape index (κ3) is 5.02. The molecule has 4 aromatic rings. The number of carbonyl (C=O) groups excluding carboxylic acids is 3. The standard InChI is InChI=1S/C31H31FN4O4/c1-4-36(5-2)25-17-26-23(27(31(39)33-3)28(40-26)18-9-11-21(32)12-10-18)16-22(25)19-7-6-8-20(15-19)29(37)35-24-13-14-34-30(24)38/h6-12,15-17,24H,4-5,13-14H2,1-3H3,(H,33,39)(H,34,38)(H,35,37). The Hall–Kier alpha value is -4.66. The number of furan rings is 1. The lowest BCUT2D eigenvalue weighted by molar-refractivity contribution is -0.120. The van der Waals surface area contributed by atoms with Crippen molar-refractivity contribution in [3.05, 3.63) is 77.6 Å². The van der Waals surface area contributed by atoms with Crippen molar-refractivity contribution in [1.82, 2.24) is 16.0 Å². The Labute approximate surface area is 231 Å². The van der Waals surface area contributed by atoms with E-state index in [4.69, 9.17) is 4.42 Å². The second kappa shape index (κ2) is 11.2. The highest BCUT2D eigenvalue weighted by Crippen LogP contribution is 2.41. The van der Waals surface area contributed by atoms with E-state index in [0.717, 1.165) is 29.9 Å². The van der Waals surface area contributed by atoms with E-state index in [9.17, 15) is 18.8 Å². The first-order valence-electron chi connectivity index (χ1n) is 13.4. The lowest BCUT2D eigenvalue weighted by Gasteiger charge is -2.24. The summed E-state index contributed by atoms with van der Waals surface area (Å²) in [5.74, 6) is -0.882. The highest BCUT2D eigenvalue weighted by Gasteiger charge is 2.27. The van der Waals surface area contributed by atoms with Crippen LogP contribution in [0.3, 0.4) is 0 Å². The van der Waals surface area contributed by atoms with Gasteiger partial charge in [0.1, 0.15) is 23.2 Å². The molecule has 9 heteroatoms. The van der Waals surface area contributed by atoms with Gasteiger partial charge in [0.15, 0.2) is 0 Å². The van der Waals surface area contributed by atoms with Gasteiger partial charge in [-0.05, 0) is 68.3 Å². The zero-order valence-electron chi connectivity index (χ0n) is 22.6. The van der Waals surface area contributed by atoms with Crippen molar-refractivity contribution < 1.29 is 23.2 Å². The van der Waals surface area contributed by atoms with Crippen LogP contribution in [0.15, 0.2) is 65.1 Å². The second-order valence-electron chi connectivity index (χ2n) is 9.62. The number of nitrogens with zero attached hydrogens (tertiary/aromatic N) is 1. The van der Waals surface area contributed by atoms with E-state index in [1.165, 1.54) is 12.1 Å². The molecular weight excluding hydrogens is 511 g/mol. The highest BCUT2D eigenvalue weighted by atomic mass is 19.1. The molecule has 1 fully saturated rings. The van der Waals surface area contributed by atoms with Crippen molar-refractivity contribution in [2.45, 2.75) is 26.3 Å². The van der Waals surface area contributed by atoms with Gasteiger partial charge in [0.2, 0.25) is 5.91 Å². The van der Waals surface area contributed by atoms with Crippen LogP contribution in [0.1, 0.15) is 41.0 Å². The quantitative estimate of drug-likeness (QED) is 0.299. The molecule has 8 nitrogen and oxygen atoms in total. The van der Waals surface area contributed by atoms with Crippen LogP contribution in [0.2, 0.25) is 0 Å². The number of rotatable bonds is 8. The molecule has 2 heterocycles. The molecule has 0 saturated carbocycles. The van der Waals surface area contributed by atoms with Gasteiger partial charge in [-0.15, -0.1) is 0 Å². The molecule has 3 aromatic carbocycles. The summed E-state index contributed by atoms with van der Waals surface area (Å²) in [6.45, 7) is 6.08. The molecule has 0 aliphatic carbocycles. The maximum absolute atomic E-state index is 13.7. The summed E-state index contributed by atoms with van der Waals surface area (Å²) in [5.41, 5.74) is 4.35. The molecule has 1 aromatic heterocycles. The highest BCUT2D eigenvalue weighted by molar-refractivity contribution is 6.13. The van der Waals surface area contributed by atoms with Crippen molar-refractivity contribution in [2.24, 2.45) is 0 Å². The lowest BCUT2D eigenvalue weighted by Crippen LogP contribution is -2.40. The zero-order valence-corrected chi connectivity index (χ0v) is 22.6. The molecule has 0 bridgehead atoms. The first kappa shape index (κ1) is 26.9. The second-order valence-corrected chi connectivity index (χ2v) is 9.62. The fourth-order valence-corrected chi connectivity index (χ4v) is 5.15. The summed E-state index contributed by atoms with van der Waals surface area (Å²) >= 11 is 0. The molecule has 1 aliphatic rings. The Morgan fingerprint density at radius 1 is 1.02 bits per heavy atom. The van der Waals surface area contributed by atoms with Crippen LogP contribution in [0, 0.1) is 5.82 Å². The topological polar surface area (TPSA) is 104 Å². The van der Waals surface area contributed by atoms with Crippen LogP contribution in [0.4, 0.5) is 10.1 Å².